The Morgan fingerprint density at radius 2 is 1.92 bits per heavy atom. The van der Waals surface area contributed by atoms with E-state index in [-0.39, 0.29) is 0 Å². The van der Waals surface area contributed by atoms with Crippen LogP contribution in [0.2, 0.25) is 0 Å². The second kappa shape index (κ2) is 2.48. The second-order valence-corrected chi connectivity index (χ2v) is 3.93. The van der Waals surface area contributed by atoms with Gasteiger partial charge in [0.1, 0.15) is 0 Å². The second-order valence-electron chi connectivity index (χ2n) is 3.93. The normalized spacial score (nSPS) is 30.2. The van der Waals surface area contributed by atoms with Crippen molar-refractivity contribution in [2.75, 3.05) is 5.73 Å². The third-order valence-corrected chi connectivity index (χ3v) is 3.07. The van der Waals surface area contributed by atoms with Crippen molar-refractivity contribution in [1.82, 2.24) is 0 Å². The summed E-state index contributed by atoms with van der Waals surface area (Å²) in [5, 5.41) is 0. The van der Waals surface area contributed by atoms with Crippen molar-refractivity contribution < 1.29 is 4.74 Å². The molecule has 1 saturated heterocycles. The highest BCUT2D eigenvalue weighted by Crippen LogP contribution is 2.48. The average Bonchev–Trinajstić information content (AvgIpc) is 2.39. The first-order valence-electron chi connectivity index (χ1n) is 4.89. The van der Waals surface area contributed by atoms with Crippen molar-refractivity contribution in [3.8, 4) is 0 Å². The van der Waals surface area contributed by atoms with E-state index in [0.717, 1.165) is 12.1 Å². The van der Waals surface area contributed by atoms with Gasteiger partial charge in [0.05, 0.1) is 12.2 Å². The molecule has 1 aromatic rings. The first-order valence-corrected chi connectivity index (χ1v) is 4.89. The maximum absolute atomic E-state index is 5.87. The van der Waals surface area contributed by atoms with Crippen LogP contribution >= 0.6 is 0 Å². The monoisotopic (exact) mass is 175 g/mol. The third kappa shape index (κ3) is 0.985. The van der Waals surface area contributed by atoms with Gasteiger partial charge in [-0.1, -0.05) is 6.07 Å². The Hall–Kier alpha value is -1.02. The highest BCUT2D eigenvalue weighted by Gasteiger charge is 2.34. The maximum Gasteiger partial charge on any atom is 0.0837 e. The van der Waals surface area contributed by atoms with Crippen LogP contribution in [0.4, 0.5) is 5.69 Å². The summed E-state index contributed by atoms with van der Waals surface area (Å²) in [6.07, 6.45) is 4.30. The first kappa shape index (κ1) is 7.39. The fourth-order valence-corrected chi connectivity index (χ4v) is 2.45. The molecule has 13 heavy (non-hydrogen) atoms. The number of fused-ring (bicyclic) bond motifs is 5. The van der Waals surface area contributed by atoms with Crippen molar-refractivity contribution in [3.05, 3.63) is 29.3 Å². The predicted octanol–water partition coefficient (Wildman–Crippen LogP) is 2.57. The molecule has 0 spiro atoms. The van der Waals surface area contributed by atoms with Gasteiger partial charge in [-0.2, -0.15) is 0 Å². The molecule has 2 aliphatic heterocycles. The van der Waals surface area contributed by atoms with Gasteiger partial charge < -0.3 is 10.5 Å². The minimum atomic E-state index is 0.331. The van der Waals surface area contributed by atoms with E-state index in [1.165, 1.54) is 24.0 Å². The van der Waals surface area contributed by atoms with Crippen LogP contribution in [0.1, 0.15) is 42.6 Å². The number of ether oxygens (including phenoxy) is 1. The van der Waals surface area contributed by atoms with E-state index in [0.29, 0.717) is 12.2 Å². The molecule has 2 unspecified atom stereocenters. The Kier molecular flexibility index (Phi) is 1.41. The van der Waals surface area contributed by atoms with Gasteiger partial charge in [0.25, 0.3) is 0 Å². The molecular weight excluding hydrogens is 162 g/mol. The number of hydrogen-bond acceptors (Lipinski definition) is 2. The summed E-state index contributed by atoms with van der Waals surface area (Å²) in [7, 11) is 0. The van der Waals surface area contributed by atoms with Crippen LogP contribution in [0.15, 0.2) is 18.2 Å². The van der Waals surface area contributed by atoms with Gasteiger partial charge >= 0.3 is 0 Å². The largest absolute Gasteiger partial charge is 0.399 e. The fraction of sp³-hybridized carbons (Fsp3) is 0.455. The molecule has 0 aromatic heterocycles. The highest BCUT2D eigenvalue weighted by atomic mass is 16.5. The van der Waals surface area contributed by atoms with Gasteiger partial charge in [0.15, 0.2) is 0 Å². The number of nitrogen functional groups attached to an aromatic ring is 1. The molecule has 2 atom stereocenters. The zero-order valence-corrected chi connectivity index (χ0v) is 7.49. The van der Waals surface area contributed by atoms with E-state index in [1.54, 1.807) is 0 Å². The van der Waals surface area contributed by atoms with Crippen molar-refractivity contribution >= 4 is 5.69 Å². The molecule has 2 N–H and O–H groups in total. The molecule has 2 nitrogen and oxygen atoms in total. The van der Waals surface area contributed by atoms with Gasteiger partial charge in [-0.25, -0.2) is 0 Å². The number of benzene rings is 1. The molecule has 0 amide bonds. The van der Waals surface area contributed by atoms with Crippen LogP contribution in [0, 0.1) is 0 Å². The van der Waals surface area contributed by atoms with Crippen LogP contribution in [0.3, 0.4) is 0 Å². The van der Waals surface area contributed by atoms with Crippen LogP contribution < -0.4 is 5.73 Å². The lowest BCUT2D eigenvalue weighted by Gasteiger charge is -2.19. The quantitative estimate of drug-likeness (QED) is 0.615. The Balaban J connectivity index is 2.15. The molecule has 3 rings (SSSR count). The van der Waals surface area contributed by atoms with Crippen molar-refractivity contribution in [2.45, 2.75) is 31.5 Å². The van der Waals surface area contributed by atoms with Gasteiger partial charge in [-0.05, 0) is 42.5 Å². The van der Waals surface area contributed by atoms with Gasteiger partial charge in [-0.3, -0.25) is 0 Å². The first-order chi connectivity index (χ1) is 6.34. The predicted molar refractivity (Wildman–Crippen MR) is 51.3 cm³/mol. The molecular formula is C11H13NO. The molecule has 0 saturated carbocycles. The SMILES string of the molecule is Nc1ccc2c(c1)C1CCCC2O1. The van der Waals surface area contributed by atoms with E-state index >= 15 is 0 Å². The standard InChI is InChI=1S/C11H13NO/c12-7-4-5-8-9(6-7)11-3-1-2-10(8)13-11/h4-6,10-11H,1-3,12H2. The zero-order valence-electron chi connectivity index (χ0n) is 7.49. The molecule has 1 aromatic carbocycles. The summed E-state index contributed by atoms with van der Waals surface area (Å²) in [6.45, 7) is 0. The van der Waals surface area contributed by atoms with E-state index in [4.69, 9.17) is 10.5 Å². The topological polar surface area (TPSA) is 35.2 Å². The lowest BCUT2D eigenvalue weighted by molar-refractivity contribution is -0.0279. The van der Waals surface area contributed by atoms with Gasteiger partial charge in [-0.15, -0.1) is 0 Å². The van der Waals surface area contributed by atoms with E-state index in [1.807, 2.05) is 6.07 Å². The van der Waals surface area contributed by atoms with Crippen molar-refractivity contribution in [2.24, 2.45) is 0 Å². The third-order valence-electron chi connectivity index (χ3n) is 3.07. The minimum absolute atomic E-state index is 0.331. The van der Waals surface area contributed by atoms with E-state index < -0.39 is 0 Å². The molecule has 2 heterocycles. The zero-order chi connectivity index (χ0) is 8.84. The van der Waals surface area contributed by atoms with Crippen LogP contribution in [-0.2, 0) is 4.74 Å². The number of rotatable bonds is 0. The number of anilines is 1. The summed E-state index contributed by atoms with van der Waals surface area (Å²) in [6, 6.07) is 6.18. The summed E-state index contributed by atoms with van der Waals surface area (Å²) in [5.41, 5.74) is 9.32. The molecule has 2 aliphatic rings. The Labute approximate surface area is 77.7 Å². The van der Waals surface area contributed by atoms with Gasteiger partial charge in [0, 0.05) is 5.69 Å². The maximum atomic E-state index is 5.87. The van der Waals surface area contributed by atoms with Crippen molar-refractivity contribution in [1.29, 1.82) is 0 Å². The van der Waals surface area contributed by atoms with E-state index in [9.17, 15) is 0 Å². The summed E-state index contributed by atoms with van der Waals surface area (Å²) in [5.74, 6) is 0. The summed E-state index contributed by atoms with van der Waals surface area (Å²) in [4.78, 5) is 0. The van der Waals surface area contributed by atoms with E-state index in [2.05, 4.69) is 12.1 Å². The van der Waals surface area contributed by atoms with Crippen LogP contribution in [-0.4, -0.2) is 0 Å². The number of nitrogens with two attached hydrogens (primary N) is 1. The Bertz CT molecular complexity index is 348. The van der Waals surface area contributed by atoms with Crippen LogP contribution in [0.25, 0.3) is 0 Å². The average molecular weight is 175 g/mol. The van der Waals surface area contributed by atoms with Gasteiger partial charge in [0.2, 0.25) is 0 Å². The molecule has 2 heteroatoms. The lowest BCUT2D eigenvalue weighted by atomic mass is 10.0. The molecule has 1 fully saturated rings. The van der Waals surface area contributed by atoms with Crippen molar-refractivity contribution in [3.63, 3.8) is 0 Å². The summed E-state index contributed by atoms with van der Waals surface area (Å²) < 4.78 is 5.87. The number of hydrogen-bond donors (Lipinski definition) is 1. The lowest BCUT2D eigenvalue weighted by Crippen LogP contribution is -2.05. The minimum Gasteiger partial charge on any atom is -0.399 e. The Morgan fingerprint density at radius 1 is 1.15 bits per heavy atom. The van der Waals surface area contributed by atoms with Crippen LogP contribution in [0.5, 0.6) is 0 Å². The Morgan fingerprint density at radius 3 is 2.77 bits per heavy atom. The molecule has 68 valence electrons. The summed E-state index contributed by atoms with van der Waals surface area (Å²) >= 11 is 0. The molecule has 2 bridgehead atoms. The molecule has 0 aliphatic carbocycles. The highest BCUT2D eigenvalue weighted by molar-refractivity contribution is 5.48. The fourth-order valence-electron chi connectivity index (χ4n) is 2.45. The smallest absolute Gasteiger partial charge is 0.0837 e. The molecule has 0 radical (unpaired) electrons.